The summed E-state index contributed by atoms with van der Waals surface area (Å²) in [5.41, 5.74) is 0.506. The van der Waals surface area contributed by atoms with Crippen LogP contribution < -0.4 is 5.32 Å². The number of sulfonamides is 1. The van der Waals surface area contributed by atoms with Gasteiger partial charge in [0, 0.05) is 32.2 Å². The zero-order valence-electron chi connectivity index (χ0n) is 14.1. The van der Waals surface area contributed by atoms with Gasteiger partial charge in [-0.05, 0) is 25.5 Å². The van der Waals surface area contributed by atoms with Crippen molar-refractivity contribution in [2.45, 2.75) is 32.6 Å². The van der Waals surface area contributed by atoms with Crippen molar-refractivity contribution in [3.63, 3.8) is 0 Å². The second-order valence-electron chi connectivity index (χ2n) is 6.11. The first-order valence-corrected chi connectivity index (χ1v) is 9.94. The molecule has 2 unspecified atom stereocenters. The third-order valence-corrected chi connectivity index (χ3v) is 5.98. The lowest BCUT2D eigenvalue weighted by molar-refractivity contribution is -0.384. The summed E-state index contributed by atoms with van der Waals surface area (Å²) in [6.07, 6.45) is -0.248. The molecule has 140 valence electrons. The number of rotatable bonds is 7. The molecule has 0 saturated carbocycles. The Bertz CT molecular complexity index is 718. The van der Waals surface area contributed by atoms with E-state index in [1.54, 1.807) is 6.07 Å². The predicted molar refractivity (Wildman–Crippen MR) is 95.2 cm³/mol. The summed E-state index contributed by atoms with van der Waals surface area (Å²) in [5.74, 6) is -0.0396. The fraction of sp³-hybridized carbons (Fsp3) is 0.600. The van der Waals surface area contributed by atoms with Crippen LogP contribution in [0, 0.1) is 10.1 Å². The zero-order valence-corrected chi connectivity index (χ0v) is 15.7. The molecule has 1 heterocycles. The minimum atomic E-state index is -3.37. The SMILES string of the molecule is CC1CN(S(=O)(=O)CCNCc2ccc(Cl)c([N+](=O)[O-])c2)CC(C)O1. The molecule has 1 saturated heterocycles. The largest absolute Gasteiger partial charge is 0.373 e. The number of benzene rings is 1. The molecule has 2 atom stereocenters. The Morgan fingerprint density at radius 2 is 2.00 bits per heavy atom. The Labute approximate surface area is 152 Å². The van der Waals surface area contributed by atoms with Crippen LogP contribution in [0.2, 0.25) is 5.02 Å². The van der Waals surface area contributed by atoms with Gasteiger partial charge in [0.2, 0.25) is 10.0 Å². The summed E-state index contributed by atoms with van der Waals surface area (Å²) < 4.78 is 31.8. The third-order valence-electron chi connectivity index (χ3n) is 3.85. The van der Waals surface area contributed by atoms with E-state index in [0.717, 1.165) is 0 Å². The van der Waals surface area contributed by atoms with Crippen LogP contribution in [0.3, 0.4) is 0 Å². The first-order valence-electron chi connectivity index (χ1n) is 7.96. The molecular weight excluding hydrogens is 370 g/mol. The van der Waals surface area contributed by atoms with Crippen LogP contribution in [-0.4, -0.2) is 55.2 Å². The molecule has 25 heavy (non-hydrogen) atoms. The number of halogens is 1. The number of ether oxygens (including phenoxy) is 1. The number of nitrogens with zero attached hydrogens (tertiary/aromatic N) is 2. The van der Waals surface area contributed by atoms with Gasteiger partial charge >= 0.3 is 0 Å². The van der Waals surface area contributed by atoms with Crippen LogP contribution in [0.25, 0.3) is 0 Å². The van der Waals surface area contributed by atoms with Crippen LogP contribution in [0.15, 0.2) is 18.2 Å². The Morgan fingerprint density at radius 1 is 1.36 bits per heavy atom. The van der Waals surface area contributed by atoms with E-state index >= 15 is 0 Å². The van der Waals surface area contributed by atoms with E-state index in [0.29, 0.717) is 25.2 Å². The zero-order chi connectivity index (χ0) is 18.6. The monoisotopic (exact) mass is 391 g/mol. The molecule has 10 heteroatoms. The number of nitro groups is 1. The van der Waals surface area contributed by atoms with Crippen LogP contribution in [0.5, 0.6) is 0 Å². The minimum absolute atomic E-state index is 0.0396. The molecular formula is C15H22ClN3O5S. The Morgan fingerprint density at radius 3 is 2.60 bits per heavy atom. The van der Waals surface area contributed by atoms with Crippen molar-refractivity contribution in [1.29, 1.82) is 0 Å². The molecule has 1 aromatic carbocycles. The molecule has 0 radical (unpaired) electrons. The molecule has 0 spiro atoms. The van der Waals surface area contributed by atoms with Gasteiger partial charge in [-0.3, -0.25) is 10.1 Å². The highest BCUT2D eigenvalue weighted by Gasteiger charge is 2.30. The summed E-state index contributed by atoms with van der Waals surface area (Å²) in [6.45, 7) is 4.99. The molecule has 1 aliphatic heterocycles. The second-order valence-corrected chi connectivity index (χ2v) is 8.61. The maximum Gasteiger partial charge on any atom is 0.288 e. The van der Waals surface area contributed by atoms with Crippen molar-refractivity contribution in [2.24, 2.45) is 0 Å². The molecule has 0 bridgehead atoms. The van der Waals surface area contributed by atoms with Gasteiger partial charge in [0.15, 0.2) is 0 Å². The molecule has 8 nitrogen and oxygen atoms in total. The molecule has 1 aliphatic rings. The average molecular weight is 392 g/mol. The van der Waals surface area contributed by atoms with Crippen molar-refractivity contribution < 1.29 is 18.1 Å². The van der Waals surface area contributed by atoms with E-state index in [-0.39, 0.29) is 35.2 Å². The van der Waals surface area contributed by atoms with E-state index in [2.05, 4.69) is 5.32 Å². The summed E-state index contributed by atoms with van der Waals surface area (Å²) in [4.78, 5) is 10.3. The van der Waals surface area contributed by atoms with Crippen molar-refractivity contribution in [2.75, 3.05) is 25.4 Å². The molecule has 0 aromatic heterocycles. The Balaban J connectivity index is 1.86. The Kier molecular flexibility index (Phi) is 6.75. The van der Waals surface area contributed by atoms with Crippen molar-refractivity contribution in [3.05, 3.63) is 38.9 Å². The van der Waals surface area contributed by atoms with Crippen molar-refractivity contribution in [3.8, 4) is 0 Å². The maximum absolute atomic E-state index is 12.4. The normalized spacial score (nSPS) is 22.0. The molecule has 0 amide bonds. The van der Waals surface area contributed by atoms with Gasteiger partial charge in [0.25, 0.3) is 5.69 Å². The number of hydrogen-bond donors (Lipinski definition) is 1. The van der Waals surface area contributed by atoms with E-state index in [9.17, 15) is 18.5 Å². The predicted octanol–water partition coefficient (Wildman–Crippen LogP) is 1.78. The van der Waals surface area contributed by atoms with Crippen LogP contribution in [0.4, 0.5) is 5.69 Å². The lowest BCUT2D eigenvalue weighted by Crippen LogP contribution is -2.49. The van der Waals surface area contributed by atoms with Gasteiger partial charge in [0.1, 0.15) is 5.02 Å². The van der Waals surface area contributed by atoms with Gasteiger partial charge in [-0.2, -0.15) is 4.31 Å². The quantitative estimate of drug-likeness (QED) is 0.432. The summed E-state index contributed by atoms with van der Waals surface area (Å²) >= 11 is 5.76. The smallest absolute Gasteiger partial charge is 0.288 e. The molecule has 0 aliphatic carbocycles. The summed E-state index contributed by atoms with van der Waals surface area (Å²) in [5, 5.41) is 13.9. The molecule has 1 fully saturated rings. The van der Waals surface area contributed by atoms with Crippen LogP contribution in [0.1, 0.15) is 19.4 Å². The molecule has 1 N–H and O–H groups in total. The number of morpholine rings is 1. The molecule has 1 aromatic rings. The summed E-state index contributed by atoms with van der Waals surface area (Å²) in [7, 11) is -3.37. The van der Waals surface area contributed by atoms with E-state index in [1.165, 1.54) is 16.4 Å². The first kappa shape index (κ1) is 20.1. The van der Waals surface area contributed by atoms with E-state index < -0.39 is 14.9 Å². The van der Waals surface area contributed by atoms with Crippen molar-refractivity contribution in [1.82, 2.24) is 9.62 Å². The fourth-order valence-electron chi connectivity index (χ4n) is 2.73. The number of nitro benzene ring substituents is 1. The lowest BCUT2D eigenvalue weighted by Gasteiger charge is -2.34. The highest BCUT2D eigenvalue weighted by atomic mass is 35.5. The van der Waals surface area contributed by atoms with Gasteiger partial charge in [-0.1, -0.05) is 17.7 Å². The average Bonchev–Trinajstić information content (AvgIpc) is 2.51. The standard InChI is InChI=1S/C15H22ClN3O5S/c1-11-9-18(10-12(2)24-11)25(22,23)6-5-17-8-13-3-4-14(16)15(7-13)19(20)21/h3-4,7,11-12,17H,5-6,8-10H2,1-2H3. The number of nitrogens with one attached hydrogen (secondary N) is 1. The lowest BCUT2D eigenvalue weighted by atomic mass is 10.2. The van der Waals surface area contributed by atoms with Crippen molar-refractivity contribution >= 4 is 27.3 Å². The van der Waals surface area contributed by atoms with Gasteiger partial charge in [0.05, 0.1) is 22.9 Å². The van der Waals surface area contributed by atoms with E-state index in [1.807, 2.05) is 13.8 Å². The van der Waals surface area contributed by atoms with Gasteiger partial charge < -0.3 is 10.1 Å². The maximum atomic E-state index is 12.4. The third kappa shape index (κ3) is 5.61. The van der Waals surface area contributed by atoms with Gasteiger partial charge in [-0.15, -0.1) is 0 Å². The fourth-order valence-corrected chi connectivity index (χ4v) is 4.45. The van der Waals surface area contributed by atoms with Crippen LogP contribution in [-0.2, 0) is 21.3 Å². The highest BCUT2D eigenvalue weighted by molar-refractivity contribution is 7.89. The first-order chi connectivity index (χ1) is 11.7. The van der Waals surface area contributed by atoms with Gasteiger partial charge in [-0.25, -0.2) is 8.42 Å². The van der Waals surface area contributed by atoms with Crippen LogP contribution >= 0.6 is 11.6 Å². The highest BCUT2D eigenvalue weighted by Crippen LogP contribution is 2.24. The number of hydrogen-bond acceptors (Lipinski definition) is 6. The Hall–Kier alpha value is -1.26. The second kappa shape index (κ2) is 8.41. The van der Waals surface area contributed by atoms with E-state index in [4.69, 9.17) is 16.3 Å². The topological polar surface area (TPSA) is 102 Å². The molecule has 2 rings (SSSR count). The summed E-state index contributed by atoms with van der Waals surface area (Å²) in [6, 6.07) is 4.52. The minimum Gasteiger partial charge on any atom is -0.373 e.